The number of carbonyl (C=O) groups is 1. The molecule has 5 heavy (non-hydrogen) atoms. The van der Waals surface area contributed by atoms with Gasteiger partial charge in [0.15, 0.2) is 0 Å². The van der Waals surface area contributed by atoms with Crippen LogP contribution in [0.3, 0.4) is 0 Å². The van der Waals surface area contributed by atoms with E-state index in [1.807, 2.05) is 0 Å². The Labute approximate surface area is 30.4 Å². The van der Waals surface area contributed by atoms with Crippen molar-refractivity contribution in [3.63, 3.8) is 0 Å². The van der Waals surface area contributed by atoms with Gasteiger partial charge in [0.25, 0.3) is 0 Å². The summed E-state index contributed by atoms with van der Waals surface area (Å²) < 4.78 is 0. The molecule has 0 saturated carbocycles. The van der Waals surface area contributed by atoms with E-state index >= 15 is 0 Å². The molecule has 0 fully saturated rings. The van der Waals surface area contributed by atoms with Gasteiger partial charge in [0.1, 0.15) is 5.78 Å². The highest BCUT2D eigenvalue weighted by atomic mass is 19.0. The Kier molecular flexibility index (Phi) is 6.35. The fourth-order valence-corrected chi connectivity index (χ4v) is 0. The SMILES string of the molecule is CC(C)=O.F. The average Bonchev–Trinajstić information content (AvgIpc) is 0.811. The van der Waals surface area contributed by atoms with E-state index in [0.29, 0.717) is 0 Å². The monoisotopic (exact) mass is 78.0 g/mol. The van der Waals surface area contributed by atoms with E-state index in [2.05, 4.69) is 0 Å². The van der Waals surface area contributed by atoms with Crippen molar-refractivity contribution >= 4 is 5.78 Å². The third kappa shape index (κ3) is 57.6. The molecule has 1 nitrogen and oxygen atoms in total. The minimum absolute atomic E-state index is 0. The van der Waals surface area contributed by atoms with E-state index in [4.69, 9.17) is 0 Å². The predicted molar refractivity (Wildman–Crippen MR) is 18.9 cm³/mol. The molecule has 0 saturated heterocycles. The van der Waals surface area contributed by atoms with Crippen LogP contribution in [0.2, 0.25) is 0 Å². The molecule has 0 radical (unpaired) electrons. The first-order valence-electron chi connectivity index (χ1n) is 1.20. The van der Waals surface area contributed by atoms with Crippen LogP contribution >= 0.6 is 0 Å². The lowest BCUT2D eigenvalue weighted by Gasteiger charge is -1.56. The first kappa shape index (κ1) is 8.82. The molecule has 0 heterocycles. The Morgan fingerprint density at radius 3 is 1.40 bits per heavy atom. The number of halogens is 1. The van der Waals surface area contributed by atoms with Crippen molar-refractivity contribution < 1.29 is 9.50 Å². The van der Waals surface area contributed by atoms with Gasteiger partial charge in [-0.1, -0.05) is 0 Å². The van der Waals surface area contributed by atoms with E-state index in [0.717, 1.165) is 0 Å². The summed E-state index contributed by atoms with van der Waals surface area (Å²) in [6.07, 6.45) is 0. The highest BCUT2D eigenvalue weighted by Crippen LogP contribution is 1.50. The number of hydrogen-bond acceptors (Lipinski definition) is 1. The molecular formula is C3H7FO. The van der Waals surface area contributed by atoms with Crippen LogP contribution in [0.1, 0.15) is 13.8 Å². The second-order valence-corrected chi connectivity index (χ2v) is 0.908. The highest BCUT2D eigenvalue weighted by Gasteiger charge is 1.62. The standard InChI is InChI=1S/C3H6O.FH/c1-3(2)4;/h1-2H3;1H. The Hall–Kier alpha value is -0.400. The summed E-state index contributed by atoms with van der Waals surface area (Å²) in [4.78, 5) is 9.44. The van der Waals surface area contributed by atoms with Gasteiger partial charge in [-0.05, 0) is 13.8 Å². The lowest BCUT2D eigenvalue weighted by Crippen LogP contribution is -1.69. The fourth-order valence-electron chi connectivity index (χ4n) is 0. The van der Waals surface area contributed by atoms with E-state index < -0.39 is 0 Å². The molecule has 0 aliphatic carbocycles. The van der Waals surface area contributed by atoms with Crippen LogP contribution in [0.5, 0.6) is 0 Å². The summed E-state index contributed by atoms with van der Waals surface area (Å²) >= 11 is 0. The molecule has 0 aliphatic heterocycles. The maximum Gasteiger partial charge on any atom is 0.126 e. The van der Waals surface area contributed by atoms with Crippen molar-refractivity contribution in [2.75, 3.05) is 0 Å². The van der Waals surface area contributed by atoms with Gasteiger partial charge in [-0.25, -0.2) is 0 Å². The fraction of sp³-hybridized carbons (Fsp3) is 0.667. The van der Waals surface area contributed by atoms with Crippen LogP contribution < -0.4 is 0 Å². The normalized spacial score (nSPS) is 5.20. The van der Waals surface area contributed by atoms with Gasteiger partial charge in [-0.15, -0.1) is 0 Å². The van der Waals surface area contributed by atoms with E-state index in [1.165, 1.54) is 13.8 Å². The third-order valence-corrected chi connectivity index (χ3v) is 0. The van der Waals surface area contributed by atoms with Crippen molar-refractivity contribution in [2.45, 2.75) is 13.8 Å². The average molecular weight is 78.1 g/mol. The van der Waals surface area contributed by atoms with Crippen LogP contribution in [0.15, 0.2) is 0 Å². The van der Waals surface area contributed by atoms with Crippen LogP contribution in [0.4, 0.5) is 4.70 Å². The molecule has 0 aliphatic rings. The number of carbonyl (C=O) groups excluding carboxylic acids is 1. The molecule has 0 bridgehead atoms. The molecule has 0 aromatic rings. The molecule has 0 rings (SSSR count). The Morgan fingerprint density at radius 2 is 1.40 bits per heavy atom. The van der Waals surface area contributed by atoms with E-state index in [-0.39, 0.29) is 10.5 Å². The molecule has 0 spiro atoms. The first-order chi connectivity index (χ1) is 1.73. The van der Waals surface area contributed by atoms with Crippen LogP contribution in [0.25, 0.3) is 0 Å². The minimum atomic E-state index is 0. The summed E-state index contributed by atoms with van der Waals surface area (Å²) in [6.45, 7) is 3.06. The van der Waals surface area contributed by atoms with Gasteiger partial charge in [0.2, 0.25) is 0 Å². The zero-order valence-corrected chi connectivity index (χ0v) is 3.32. The lowest BCUT2D eigenvalue weighted by molar-refractivity contribution is -0.114. The Bertz CT molecular complexity index is 29.9. The molecule has 32 valence electrons. The summed E-state index contributed by atoms with van der Waals surface area (Å²) in [5, 5.41) is 0. The minimum Gasteiger partial charge on any atom is -0.300 e. The van der Waals surface area contributed by atoms with Gasteiger partial charge in [0.05, 0.1) is 0 Å². The highest BCUT2D eigenvalue weighted by molar-refractivity contribution is 5.72. The number of rotatable bonds is 0. The summed E-state index contributed by atoms with van der Waals surface area (Å²) in [5.41, 5.74) is 0. The van der Waals surface area contributed by atoms with Gasteiger partial charge < -0.3 is 4.79 Å². The molecular weight excluding hydrogens is 71.0 g/mol. The first-order valence-corrected chi connectivity index (χ1v) is 1.20. The lowest BCUT2D eigenvalue weighted by atomic mass is 10.6. The molecule has 2 heteroatoms. The molecule has 0 atom stereocenters. The maximum absolute atomic E-state index is 9.44. The molecule has 0 aromatic carbocycles. The molecule has 0 amide bonds. The van der Waals surface area contributed by atoms with E-state index in [1.54, 1.807) is 0 Å². The molecule has 0 N–H and O–H groups in total. The zero-order valence-electron chi connectivity index (χ0n) is 3.32. The quantitative estimate of drug-likeness (QED) is 0.417. The van der Waals surface area contributed by atoms with Gasteiger partial charge in [-0.3, -0.25) is 4.70 Å². The summed E-state index contributed by atoms with van der Waals surface area (Å²) in [5.74, 6) is 0.167. The zero-order chi connectivity index (χ0) is 3.58. The second-order valence-electron chi connectivity index (χ2n) is 0.908. The molecule has 0 aromatic heterocycles. The predicted octanol–water partition coefficient (Wildman–Crippen LogP) is 0.748. The smallest absolute Gasteiger partial charge is 0.126 e. The number of Topliss-reactive ketones (excluding diaryl/α,β-unsaturated/α-hetero) is 1. The Balaban J connectivity index is 0. The second kappa shape index (κ2) is 3.60. The van der Waals surface area contributed by atoms with Crippen molar-refractivity contribution in [2.24, 2.45) is 0 Å². The third-order valence-electron chi connectivity index (χ3n) is 0. The van der Waals surface area contributed by atoms with Gasteiger partial charge in [-0.2, -0.15) is 0 Å². The summed E-state index contributed by atoms with van der Waals surface area (Å²) in [6, 6.07) is 0. The Morgan fingerprint density at radius 1 is 1.40 bits per heavy atom. The number of hydrogen-bond donors (Lipinski definition) is 0. The van der Waals surface area contributed by atoms with Crippen LogP contribution in [-0.4, -0.2) is 5.78 Å². The largest absolute Gasteiger partial charge is 0.300 e. The maximum atomic E-state index is 9.44. The molecule has 0 unspecified atom stereocenters. The topological polar surface area (TPSA) is 17.1 Å². The van der Waals surface area contributed by atoms with Crippen molar-refractivity contribution in [1.82, 2.24) is 0 Å². The van der Waals surface area contributed by atoms with Crippen molar-refractivity contribution in [3.05, 3.63) is 0 Å². The van der Waals surface area contributed by atoms with Crippen molar-refractivity contribution in [1.29, 1.82) is 0 Å². The number of ketones is 1. The van der Waals surface area contributed by atoms with Gasteiger partial charge >= 0.3 is 0 Å². The van der Waals surface area contributed by atoms with Crippen molar-refractivity contribution in [3.8, 4) is 0 Å². The van der Waals surface area contributed by atoms with Crippen LogP contribution in [-0.2, 0) is 4.79 Å². The van der Waals surface area contributed by atoms with Gasteiger partial charge in [0, 0.05) is 0 Å². The van der Waals surface area contributed by atoms with Crippen LogP contribution in [0, 0.1) is 0 Å². The van der Waals surface area contributed by atoms with E-state index in [9.17, 15) is 4.79 Å². The summed E-state index contributed by atoms with van der Waals surface area (Å²) in [7, 11) is 0.